The van der Waals surface area contributed by atoms with E-state index in [2.05, 4.69) is 0 Å². The molecule has 1 saturated heterocycles. The van der Waals surface area contributed by atoms with Crippen molar-refractivity contribution in [1.82, 2.24) is 4.90 Å². The number of hydrogen-bond acceptors (Lipinski definition) is 4. The molecule has 0 radical (unpaired) electrons. The maximum atomic E-state index is 13.7. The van der Waals surface area contributed by atoms with Crippen molar-refractivity contribution in [2.75, 3.05) is 37.0 Å². The highest BCUT2D eigenvalue weighted by atomic mass is 16.5. The number of aliphatic carboxylic acids is 1. The largest absolute Gasteiger partial charge is 0.497 e. The number of carbonyl (C=O) groups is 3. The number of ether oxygens (including phenoxy) is 1. The molecule has 2 fully saturated rings. The van der Waals surface area contributed by atoms with E-state index in [4.69, 9.17) is 4.74 Å². The molecule has 8 heteroatoms. The molecule has 0 aromatic heterocycles. The first-order valence-corrected chi connectivity index (χ1v) is 13.1. The molecule has 1 saturated carbocycles. The van der Waals surface area contributed by atoms with E-state index in [0.717, 1.165) is 37.1 Å². The van der Waals surface area contributed by atoms with E-state index in [1.807, 2.05) is 47.4 Å². The molecule has 198 valence electrons. The van der Waals surface area contributed by atoms with Crippen molar-refractivity contribution in [1.29, 1.82) is 0 Å². The van der Waals surface area contributed by atoms with E-state index in [-0.39, 0.29) is 50.3 Å². The fourth-order valence-corrected chi connectivity index (χ4v) is 5.58. The van der Waals surface area contributed by atoms with Crippen LogP contribution in [0.3, 0.4) is 0 Å². The molecule has 1 aliphatic carbocycles. The van der Waals surface area contributed by atoms with Gasteiger partial charge in [-0.15, -0.1) is 0 Å². The number of para-hydroxylation sites is 1. The Hall–Kier alpha value is -3.55. The smallest absolute Gasteiger partial charge is 0.324 e. The van der Waals surface area contributed by atoms with Gasteiger partial charge >= 0.3 is 12.0 Å². The summed E-state index contributed by atoms with van der Waals surface area (Å²) < 4.78 is 5.19. The Kier molecular flexibility index (Phi) is 8.36. The number of likely N-dealkylation sites (tertiary alicyclic amines) is 1. The second kappa shape index (κ2) is 11.7. The minimum Gasteiger partial charge on any atom is -0.497 e. The molecule has 0 bridgehead atoms. The molecule has 0 spiro atoms. The van der Waals surface area contributed by atoms with Gasteiger partial charge in [-0.2, -0.15) is 0 Å². The maximum Gasteiger partial charge on any atom is 0.324 e. The van der Waals surface area contributed by atoms with Crippen LogP contribution in [0.4, 0.5) is 16.2 Å². The van der Waals surface area contributed by atoms with Gasteiger partial charge in [0.25, 0.3) is 0 Å². The van der Waals surface area contributed by atoms with Gasteiger partial charge in [-0.1, -0.05) is 37.5 Å². The van der Waals surface area contributed by atoms with Crippen molar-refractivity contribution >= 4 is 29.3 Å². The Labute approximate surface area is 218 Å². The van der Waals surface area contributed by atoms with Crippen LogP contribution in [0, 0.1) is 5.41 Å². The fourth-order valence-electron chi connectivity index (χ4n) is 5.58. The molecule has 0 atom stereocenters. The van der Waals surface area contributed by atoms with E-state index in [9.17, 15) is 19.5 Å². The van der Waals surface area contributed by atoms with Crippen LogP contribution in [-0.2, 0) is 9.59 Å². The normalized spacial score (nSPS) is 17.6. The fraction of sp³-hybridized carbons (Fsp3) is 0.483. The molecule has 1 aliphatic heterocycles. The van der Waals surface area contributed by atoms with Gasteiger partial charge in [0.05, 0.1) is 12.5 Å². The van der Waals surface area contributed by atoms with E-state index in [1.54, 1.807) is 36.1 Å². The number of hydrogen-bond donors (Lipinski definition) is 1. The molecule has 0 unspecified atom stereocenters. The second-order valence-corrected chi connectivity index (χ2v) is 10.2. The van der Waals surface area contributed by atoms with Crippen molar-refractivity contribution in [3.63, 3.8) is 0 Å². The Morgan fingerprint density at radius 1 is 0.946 bits per heavy atom. The number of methoxy groups -OCH3 is 1. The lowest BCUT2D eigenvalue weighted by Crippen LogP contribution is -2.52. The molecule has 37 heavy (non-hydrogen) atoms. The van der Waals surface area contributed by atoms with Gasteiger partial charge in [-0.25, -0.2) is 4.79 Å². The van der Waals surface area contributed by atoms with Crippen LogP contribution in [0.5, 0.6) is 5.75 Å². The first kappa shape index (κ1) is 26.5. The highest BCUT2D eigenvalue weighted by Crippen LogP contribution is 2.38. The highest BCUT2D eigenvalue weighted by Gasteiger charge is 2.46. The van der Waals surface area contributed by atoms with Gasteiger partial charge in [-0.3, -0.25) is 14.5 Å². The first-order chi connectivity index (χ1) is 17.8. The Bertz CT molecular complexity index is 1070. The Morgan fingerprint density at radius 2 is 1.57 bits per heavy atom. The number of nitrogens with zero attached hydrogens (tertiary/aromatic N) is 3. The van der Waals surface area contributed by atoms with Crippen LogP contribution in [0.15, 0.2) is 54.6 Å². The van der Waals surface area contributed by atoms with Gasteiger partial charge in [0.1, 0.15) is 5.75 Å². The van der Waals surface area contributed by atoms with Crippen LogP contribution in [0.25, 0.3) is 0 Å². The lowest BCUT2D eigenvalue weighted by molar-refractivity contribution is -0.154. The predicted octanol–water partition coefficient (Wildman–Crippen LogP) is 5.17. The zero-order valence-corrected chi connectivity index (χ0v) is 21.8. The minimum absolute atomic E-state index is 0.0654. The summed E-state index contributed by atoms with van der Waals surface area (Å²) in [5.41, 5.74) is 0.365. The topological polar surface area (TPSA) is 90.4 Å². The van der Waals surface area contributed by atoms with Crippen molar-refractivity contribution < 1.29 is 24.2 Å². The van der Waals surface area contributed by atoms with Crippen LogP contribution >= 0.6 is 0 Å². The molecule has 4 rings (SSSR count). The lowest BCUT2D eigenvalue weighted by Gasteiger charge is -2.41. The van der Waals surface area contributed by atoms with E-state index in [1.165, 1.54) is 6.42 Å². The lowest BCUT2D eigenvalue weighted by atomic mass is 9.75. The Morgan fingerprint density at radius 3 is 2.14 bits per heavy atom. The summed E-state index contributed by atoms with van der Waals surface area (Å²) in [6, 6.07) is 16.7. The summed E-state index contributed by atoms with van der Waals surface area (Å²) in [4.78, 5) is 44.5. The van der Waals surface area contributed by atoms with Gasteiger partial charge in [0.15, 0.2) is 0 Å². The molecular weight excluding hydrogens is 470 g/mol. The number of carboxylic acids is 1. The average Bonchev–Trinajstić information content (AvgIpc) is 2.94. The number of rotatable bonds is 7. The SMILES string of the molecule is COc1ccc(N(C)C(=O)N2CCC(CC(=O)N(c3ccccc3)C3CCCCC3)(C(=O)O)CC2)cc1. The maximum absolute atomic E-state index is 13.7. The summed E-state index contributed by atoms with van der Waals surface area (Å²) in [7, 11) is 3.29. The van der Waals surface area contributed by atoms with Crippen LogP contribution in [0.1, 0.15) is 51.4 Å². The molecule has 2 aromatic rings. The highest BCUT2D eigenvalue weighted by molar-refractivity contribution is 5.97. The molecule has 3 amide bonds. The Balaban J connectivity index is 1.46. The van der Waals surface area contributed by atoms with E-state index >= 15 is 0 Å². The van der Waals surface area contributed by atoms with Gasteiger partial charge < -0.3 is 19.6 Å². The average molecular weight is 508 g/mol. The predicted molar refractivity (Wildman–Crippen MR) is 143 cm³/mol. The zero-order valence-electron chi connectivity index (χ0n) is 21.8. The molecule has 2 aliphatic rings. The number of benzene rings is 2. The molecule has 1 N–H and O–H groups in total. The van der Waals surface area contributed by atoms with Crippen molar-refractivity contribution in [2.24, 2.45) is 5.41 Å². The van der Waals surface area contributed by atoms with Crippen molar-refractivity contribution in [3.8, 4) is 5.75 Å². The molecule has 8 nitrogen and oxygen atoms in total. The van der Waals surface area contributed by atoms with Crippen LogP contribution in [-0.4, -0.2) is 61.2 Å². The number of anilines is 2. The number of urea groups is 1. The summed E-state index contributed by atoms with van der Waals surface area (Å²) >= 11 is 0. The van der Waals surface area contributed by atoms with E-state index in [0.29, 0.717) is 5.75 Å². The van der Waals surface area contributed by atoms with Crippen LogP contribution in [0.2, 0.25) is 0 Å². The number of carboxylic acid groups (broad SMARTS) is 1. The standard InChI is InChI=1S/C29H37N3O5/c1-30(22-13-15-25(37-2)16-14-22)28(36)31-19-17-29(18-20-31,27(34)35)21-26(33)32(23-9-5-3-6-10-23)24-11-7-4-8-12-24/h3,5-6,9-10,13-16,24H,4,7-8,11-12,17-21H2,1-2H3,(H,34,35). The van der Waals surface area contributed by atoms with Gasteiger partial charge in [0.2, 0.25) is 5.91 Å². The summed E-state index contributed by atoms with van der Waals surface area (Å²) in [5.74, 6) is -0.403. The summed E-state index contributed by atoms with van der Waals surface area (Å²) in [5, 5.41) is 10.3. The summed E-state index contributed by atoms with van der Waals surface area (Å²) in [6.07, 6.45) is 5.59. The van der Waals surface area contributed by atoms with Crippen LogP contribution < -0.4 is 14.5 Å². The summed E-state index contributed by atoms with van der Waals surface area (Å²) in [6.45, 7) is 0.571. The number of carbonyl (C=O) groups excluding carboxylic acids is 2. The quantitative estimate of drug-likeness (QED) is 0.558. The number of amides is 3. The zero-order chi connectivity index (χ0) is 26.4. The minimum atomic E-state index is -1.19. The molecule has 2 aromatic carbocycles. The second-order valence-electron chi connectivity index (χ2n) is 10.2. The van der Waals surface area contributed by atoms with E-state index < -0.39 is 11.4 Å². The van der Waals surface area contributed by atoms with Crippen molar-refractivity contribution in [3.05, 3.63) is 54.6 Å². The monoisotopic (exact) mass is 507 g/mol. The van der Waals surface area contributed by atoms with Gasteiger partial charge in [-0.05, 0) is 62.1 Å². The van der Waals surface area contributed by atoms with Gasteiger partial charge in [0, 0.05) is 44.0 Å². The third-order valence-corrected chi connectivity index (χ3v) is 7.92. The molecule has 1 heterocycles. The third-order valence-electron chi connectivity index (χ3n) is 7.92. The third kappa shape index (κ3) is 5.89. The first-order valence-electron chi connectivity index (χ1n) is 13.1. The molecular formula is C29H37N3O5. The number of piperidine rings is 1. The van der Waals surface area contributed by atoms with Crippen molar-refractivity contribution in [2.45, 2.75) is 57.4 Å².